The van der Waals surface area contributed by atoms with Crippen LogP contribution in [0, 0.1) is 5.92 Å². The summed E-state index contributed by atoms with van der Waals surface area (Å²) < 4.78 is 0. The van der Waals surface area contributed by atoms with Gasteiger partial charge in [0, 0.05) is 12.1 Å². The summed E-state index contributed by atoms with van der Waals surface area (Å²) in [5.41, 5.74) is 4.39. The molecule has 1 heteroatoms. The quantitative estimate of drug-likeness (QED) is 0.443. The Labute approximate surface area is 134 Å². The van der Waals surface area contributed by atoms with Crippen LogP contribution in [0.15, 0.2) is 80.1 Å². The molecule has 0 bridgehead atoms. The van der Waals surface area contributed by atoms with Gasteiger partial charge in [0.25, 0.3) is 0 Å². The van der Waals surface area contributed by atoms with Crippen molar-refractivity contribution in [1.82, 2.24) is 4.98 Å². The largest absolute Gasteiger partial charge is 0.257 e. The molecule has 1 heterocycles. The molecule has 0 spiro atoms. The molecule has 0 saturated heterocycles. The van der Waals surface area contributed by atoms with E-state index in [9.17, 15) is 0 Å². The van der Waals surface area contributed by atoms with Crippen molar-refractivity contribution < 1.29 is 0 Å². The number of allylic oxidation sites excluding steroid dienone is 10. The van der Waals surface area contributed by atoms with Crippen molar-refractivity contribution in [3.05, 3.63) is 91.4 Å². The van der Waals surface area contributed by atoms with Crippen LogP contribution in [-0.2, 0) is 0 Å². The molecule has 0 radical (unpaired) electrons. The number of hydrogen-bond donors (Lipinski definition) is 0. The summed E-state index contributed by atoms with van der Waals surface area (Å²) >= 11 is 0. The lowest BCUT2D eigenvalue weighted by atomic mass is 9.94. The molecule has 1 atom stereocenters. The van der Waals surface area contributed by atoms with E-state index in [-0.39, 0.29) is 0 Å². The average molecular weight is 291 g/mol. The van der Waals surface area contributed by atoms with E-state index in [1.165, 1.54) is 0 Å². The molecule has 0 unspecified atom stereocenters. The molecule has 22 heavy (non-hydrogen) atoms. The van der Waals surface area contributed by atoms with Crippen LogP contribution in [0.5, 0.6) is 0 Å². The predicted molar refractivity (Wildman–Crippen MR) is 99.4 cm³/mol. The summed E-state index contributed by atoms with van der Waals surface area (Å²) in [6.45, 7) is 13.8. The summed E-state index contributed by atoms with van der Waals surface area (Å²) in [6, 6.07) is 4.13. The Balaban J connectivity index is 3.34. The first-order valence-electron chi connectivity index (χ1n) is 7.55. The van der Waals surface area contributed by atoms with Gasteiger partial charge in [0.2, 0.25) is 0 Å². The molecule has 0 fully saturated rings. The highest BCUT2D eigenvalue weighted by molar-refractivity contribution is 5.77. The summed E-state index contributed by atoms with van der Waals surface area (Å²) in [5, 5.41) is 0. The van der Waals surface area contributed by atoms with Gasteiger partial charge in [0.15, 0.2) is 0 Å². The van der Waals surface area contributed by atoms with Crippen LogP contribution in [0.4, 0.5) is 0 Å². The van der Waals surface area contributed by atoms with Crippen molar-refractivity contribution in [3.8, 4) is 0 Å². The normalized spacial score (nSPS) is 14.5. The molecule has 1 aromatic heterocycles. The molecule has 114 valence electrons. The second-order valence-electron chi connectivity index (χ2n) is 4.96. The zero-order valence-corrected chi connectivity index (χ0v) is 13.8. The number of nitrogens with zero attached hydrogens (tertiary/aromatic N) is 1. The third-order valence-corrected chi connectivity index (χ3v) is 3.30. The predicted octanol–water partition coefficient (Wildman–Crippen LogP) is 6.01. The fourth-order valence-corrected chi connectivity index (χ4v) is 2.31. The number of aromatic nitrogens is 1. The lowest BCUT2D eigenvalue weighted by molar-refractivity contribution is 0.949. The first-order chi connectivity index (χ1) is 10.7. The van der Waals surface area contributed by atoms with Crippen LogP contribution in [0.2, 0.25) is 0 Å². The van der Waals surface area contributed by atoms with Gasteiger partial charge in [-0.05, 0) is 42.7 Å². The third kappa shape index (κ3) is 4.85. The minimum atomic E-state index is 0.291. The molecule has 0 saturated carbocycles. The monoisotopic (exact) mass is 291 g/mol. The van der Waals surface area contributed by atoms with Gasteiger partial charge in [0.05, 0.1) is 5.69 Å². The highest BCUT2D eigenvalue weighted by Gasteiger charge is 2.10. The number of rotatable bonds is 7. The molecule has 0 aliphatic carbocycles. The minimum Gasteiger partial charge on any atom is -0.257 e. The summed E-state index contributed by atoms with van der Waals surface area (Å²) in [6.07, 6.45) is 17.8. The van der Waals surface area contributed by atoms with Crippen LogP contribution in [0.3, 0.4) is 0 Å². The van der Waals surface area contributed by atoms with E-state index in [4.69, 9.17) is 0 Å². The Morgan fingerprint density at radius 3 is 2.45 bits per heavy atom. The van der Waals surface area contributed by atoms with Crippen molar-refractivity contribution >= 4 is 11.1 Å². The van der Waals surface area contributed by atoms with Gasteiger partial charge in [-0.1, -0.05) is 68.7 Å². The molecule has 0 amide bonds. The maximum Gasteiger partial charge on any atom is 0.0673 e. The average Bonchev–Trinajstić information content (AvgIpc) is 2.52. The number of hydrogen-bond acceptors (Lipinski definition) is 1. The fourth-order valence-electron chi connectivity index (χ4n) is 2.31. The lowest BCUT2D eigenvalue weighted by Gasteiger charge is -2.13. The van der Waals surface area contributed by atoms with Crippen molar-refractivity contribution in [3.63, 3.8) is 0 Å². The fraction of sp³-hybridized carbons (Fsp3) is 0.190. The van der Waals surface area contributed by atoms with Crippen LogP contribution >= 0.6 is 0 Å². The number of pyridine rings is 1. The molecule has 1 nitrogen and oxygen atoms in total. The van der Waals surface area contributed by atoms with E-state index in [0.717, 1.165) is 22.4 Å². The summed E-state index contributed by atoms with van der Waals surface area (Å²) in [7, 11) is 0. The molecule has 0 aliphatic heterocycles. The van der Waals surface area contributed by atoms with E-state index >= 15 is 0 Å². The Bertz CT molecular complexity index is 627. The maximum absolute atomic E-state index is 4.54. The van der Waals surface area contributed by atoms with E-state index in [1.807, 2.05) is 50.4 Å². The third-order valence-electron chi connectivity index (χ3n) is 3.30. The zero-order chi connectivity index (χ0) is 16.4. The van der Waals surface area contributed by atoms with Crippen LogP contribution < -0.4 is 0 Å². The zero-order valence-electron chi connectivity index (χ0n) is 13.8. The first kappa shape index (κ1) is 17.6. The smallest absolute Gasteiger partial charge is 0.0673 e. The van der Waals surface area contributed by atoms with E-state index in [2.05, 4.69) is 49.4 Å². The Morgan fingerprint density at radius 2 is 1.86 bits per heavy atom. The van der Waals surface area contributed by atoms with E-state index < -0.39 is 0 Å². The molecule has 0 N–H and O–H groups in total. The van der Waals surface area contributed by atoms with Gasteiger partial charge < -0.3 is 0 Å². The molecule has 0 aromatic carbocycles. The maximum atomic E-state index is 4.54. The van der Waals surface area contributed by atoms with Crippen molar-refractivity contribution in [2.75, 3.05) is 0 Å². The van der Waals surface area contributed by atoms with Crippen molar-refractivity contribution in [1.29, 1.82) is 0 Å². The van der Waals surface area contributed by atoms with Crippen molar-refractivity contribution in [2.24, 2.45) is 5.92 Å². The minimum absolute atomic E-state index is 0.291. The van der Waals surface area contributed by atoms with Crippen LogP contribution in [0.1, 0.15) is 32.0 Å². The second-order valence-corrected chi connectivity index (χ2v) is 4.96. The molecule has 1 rings (SSSR count). The van der Waals surface area contributed by atoms with Gasteiger partial charge in [-0.2, -0.15) is 0 Å². The van der Waals surface area contributed by atoms with Gasteiger partial charge in [-0.15, -0.1) is 0 Å². The SMILES string of the molecule is C=C/C=C(\C=C/C)c1ccnc(/C(=C/C=C)[C@H](C)/C=C\C)c1. The topological polar surface area (TPSA) is 12.9 Å². The summed E-state index contributed by atoms with van der Waals surface area (Å²) in [5.74, 6) is 0.291. The summed E-state index contributed by atoms with van der Waals surface area (Å²) in [4.78, 5) is 4.54. The van der Waals surface area contributed by atoms with E-state index in [0.29, 0.717) is 5.92 Å². The van der Waals surface area contributed by atoms with E-state index in [1.54, 1.807) is 6.08 Å². The molecule has 1 aromatic rings. The second kappa shape index (κ2) is 9.51. The van der Waals surface area contributed by atoms with Crippen LogP contribution in [-0.4, -0.2) is 4.98 Å². The Morgan fingerprint density at radius 1 is 1.14 bits per heavy atom. The van der Waals surface area contributed by atoms with Gasteiger partial charge in [-0.25, -0.2) is 0 Å². The molecular formula is C21H25N. The first-order valence-corrected chi connectivity index (χ1v) is 7.55. The van der Waals surface area contributed by atoms with Crippen LogP contribution in [0.25, 0.3) is 11.1 Å². The lowest BCUT2D eigenvalue weighted by Crippen LogP contribution is -1.99. The molecule has 0 aliphatic rings. The standard InChI is InChI=1S/C21H25N/c1-6-10-17(5)20(13-9-4)21-16-19(14-15-22-21)18(11-7-2)12-8-3/h6-17H,2,4H2,1,3,5H3/b10-6-,12-8-,18-11+,20-13+/t17-/m1/s1. The highest BCUT2D eigenvalue weighted by atomic mass is 14.7. The van der Waals surface area contributed by atoms with Gasteiger partial charge >= 0.3 is 0 Å². The Hall–Kier alpha value is -2.41. The molecular weight excluding hydrogens is 266 g/mol. The highest BCUT2D eigenvalue weighted by Crippen LogP contribution is 2.26. The van der Waals surface area contributed by atoms with Crippen molar-refractivity contribution in [2.45, 2.75) is 20.8 Å². The Kier molecular flexibility index (Phi) is 7.63. The van der Waals surface area contributed by atoms with Gasteiger partial charge in [0.1, 0.15) is 0 Å². The van der Waals surface area contributed by atoms with Gasteiger partial charge in [-0.3, -0.25) is 4.98 Å².